The number of hydrogen-bond donors (Lipinski definition) is 1. The SMILES string of the molecule is Cc1c(Cl)cccc1-c1cc(C(=O)NC2CC3CCCC(C2)N3C)c2ncoc2c1. The largest absolute Gasteiger partial charge is 0.443 e. The van der Waals surface area contributed by atoms with E-state index in [1.54, 1.807) is 0 Å². The number of carbonyl (C=O) groups is 1. The van der Waals surface area contributed by atoms with E-state index in [1.165, 1.54) is 25.7 Å². The van der Waals surface area contributed by atoms with Gasteiger partial charge in [0.25, 0.3) is 5.91 Å². The van der Waals surface area contributed by atoms with Crippen LogP contribution in [0.2, 0.25) is 5.02 Å². The monoisotopic (exact) mass is 423 g/mol. The fourth-order valence-electron chi connectivity index (χ4n) is 5.21. The maximum Gasteiger partial charge on any atom is 0.253 e. The van der Waals surface area contributed by atoms with E-state index in [2.05, 4.69) is 22.2 Å². The molecule has 1 N–H and O–H groups in total. The fraction of sp³-hybridized carbons (Fsp3) is 0.417. The molecule has 1 amide bonds. The van der Waals surface area contributed by atoms with Gasteiger partial charge < -0.3 is 14.6 Å². The molecular weight excluding hydrogens is 398 g/mol. The van der Waals surface area contributed by atoms with Crippen LogP contribution < -0.4 is 5.32 Å². The highest BCUT2D eigenvalue weighted by Gasteiger charge is 2.36. The summed E-state index contributed by atoms with van der Waals surface area (Å²) < 4.78 is 5.57. The summed E-state index contributed by atoms with van der Waals surface area (Å²) in [6, 6.07) is 11.0. The molecule has 0 radical (unpaired) electrons. The quantitative estimate of drug-likeness (QED) is 0.628. The van der Waals surface area contributed by atoms with Crippen LogP contribution in [-0.2, 0) is 0 Å². The molecule has 2 atom stereocenters. The molecule has 5 nitrogen and oxygen atoms in total. The first kappa shape index (κ1) is 19.6. The standard InChI is InChI=1S/C24H26ClN3O2/c1-14-19(7-4-8-21(14)25)15-9-20(23-22(10-15)30-13-26-23)24(29)27-16-11-17-5-3-6-18(12-16)28(17)2/h4,7-10,13,16-18H,3,5-6,11-12H2,1-2H3,(H,27,29). The van der Waals surface area contributed by atoms with Crippen LogP contribution in [0.5, 0.6) is 0 Å². The summed E-state index contributed by atoms with van der Waals surface area (Å²) in [5.74, 6) is -0.0805. The number of aromatic nitrogens is 1. The van der Waals surface area contributed by atoms with Gasteiger partial charge in [0.2, 0.25) is 0 Å². The third-order valence-corrected chi connectivity index (χ3v) is 7.34. The number of rotatable bonds is 3. The highest BCUT2D eigenvalue weighted by Crippen LogP contribution is 2.34. The zero-order chi connectivity index (χ0) is 20.8. The van der Waals surface area contributed by atoms with E-state index in [1.807, 2.05) is 37.3 Å². The van der Waals surface area contributed by atoms with Crippen molar-refractivity contribution in [3.05, 3.63) is 52.9 Å². The van der Waals surface area contributed by atoms with Crippen molar-refractivity contribution in [2.75, 3.05) is 7.05 Å². The van der Waals surface area contributed by atoms with Crippen LogP contribution in [0.15, 0.2) is 41.1 Å². The number of fused-ring (bicyclic) bond motifs is 3. The summed E-state index contributed by atoms with van der Waals surface area (Å²) in [5, 5.41) is 4.00. The molecule has 5 rings (SSSR count). The first-order chi connectivity index (χ1) is 14.5. The van der Waals surface area contributed by atoms with Gasteiger partial charge >= 0.3 is 0 Å². The molecule has 3 aromatic rings. The molecule has 2 fully saturated rings. The second-order valence-electron chi connectivity index (χ2n) is 8.68. The molecule has 2 saturated heterocycles. The van der Waals surface area contributed by atoms with Crippen LogP contribution in [-0.4, -0.2) is 41.0 Å². The maximum absolute atomic E-state index is 13.3. The Bertz CT molecular complexity index is 1100. The van der Waals surface area contributed by atoms with Crippen LogP contribution in [0.4, 0.5) is 0 Å². The highest BCUT2D eigenvalue weighted by atomic mass is 35.5. The lowest BCUT2D eigenvalue weighted by Gasteiger charge is -2.47. The molecule has 0 spiro atoms. The minimum Gasteiger partial charge on any atom is -0.443 e. The van der Waals surface area contributed by atoms with E-state index in [0.29, 0.717) is 33.8 Å². The van der Waals surface area contributed by atoms with Crippen molar-refractivity contribution in [3.63, 3.8) is 0 Å². The summed E-state index contributed by atoms with van der Waals surface area (Å²) in [6.45, 7) is 1.99. The van der Waals surface area contributed by atoms with E-state index in [0.717, 1.165) is 29.5 Å². The summed E-state index contributed by atoms with van der Waals surface area (Å²) >= 11 is 6.33. The molecule has 2 aliphatic heterocycles. The second kappa shape index (κ2) is 7.71. The minimum atomic E-state index is -0.0805. The van der Waals surface area contributed by atoms with Crippen molar-refractivity contribution in [1.29, 1.82) is 0 Å². The van der Waals surface area contributed by atoms with Crippen molar-refractivity contribution in [2.45, 2.75) is 57.2 Å². The van der Waals surface area contributed by atoms with Crippen LogP contribution in [0.3, 0.4) is 0 Å². The number of oxazole rings is 1. The lowest BCUT2D eigenvalue weighted by atomic mass is 9.82. The average Bonchev–Trinajstić information content (AvgIpc) is 3.18. The number of nitrogens with zero attached hydrogens (tertiary/aromatic N) is 2. The smallest absolute Gasteiger partial charge is 0.253 e. The molecular formula is C24H26ClN3O2. The zero-order valence-corrected chi connectivity index (χ0v) is 18.1. The molecule has 2 unspecified atom stereocenters. The van der Waals surface area contributed by atoms with E-state index >= 15 is 0 Å². The molecule has 3 heterocycles. The van der Waals surface area contributed by atoms with Gasteiger partial charge in [-0.25, -0.2) is 4.98 Å². The lowest BCUT2D eigenvalue weighted by molar-refractivity contribution is 0.0463. The predicted molar refractivity (Wildman–Crippen MR) is 119 cm³/mol. The fourth-order valence-corrected chi connectivity index (χ4v) is 5.39. The van der Waals surface area contributed by atoms with Gasteiger partial charge in [0.15, 0.2) is 12.0 Å². The van der Waals surface area contributed by atoms with Gasteiger partial charge in [0, 0.05) is 23.1 Å². The summed E-state index contributed by atoms with van der Waals surface area (Å²) in [6.07, 6.45) is 7.14. The number of hydrogen-bond acceptors (Lipinski definition) is 4. The van der Waals surface area contributed by atoms with Gasteiger partial charge in [-0.05, 0) is 74.5 Å². The van der Waals surface area contributed by atoms with Gasteiger partial charge in [0.1, 0.15) is 5.52 Å². The van der Waals surface area contributed by atoms with E-state index in [9.17, 15) is 4.79 Å². The zero-order valence-electron chi connectivity index (χ0n) is 17.3. The molecule has 1 aromatic heterocycles. The highest BCUT2D eigenvalue weighted by molar-refractivity contribution is 6.31. The Morgan fingerprint density at radius 2 is 2.00 bits per heavy atom. The van der Waals surface area contributed by atoms with Crippen LogP contribution >= 0.6 is 11.6 Å². The van der Waals surface area contributed by atoms with E-state index < -0.39 is 0 Å². The van der Waals surface area contributed by atoms with Gasteiger partial charge in [-0.3, -0.25) is 4.79 Å². The van der Waals surface area contributed by atoms with Crippen molar-refractivity contribution in [1.82, 2.24) is 15.2 Å². The predicted octanol–water partition coefficient (Wildman–Crippen LogP) is 5.20. The van der Waals surface area contributed by atoms with Crippen molar-refractivity contribution in [3.8, 4) is 11.1 Å². The molecule has 2 aliphatic rings. The van der Waals surface area contributed by atoms with Crippen LogP contribution in [0.25, 0.3) is 22.2 Å². The summed E-state index contributed by atoms with van der Waals surface area (Å²) in [5.41, 5.74) is 4.64. The third-order valence-electron chi connectivity index (χ3n) is 6.93. The number of piperidine rings is 2. The third kappa shape index (κ3) is 3.40. The topological polar surface area (TPSA) is 58.4 Å². The molecule has 0 saturated carbocycles. The van der Waals surface area contributed by atoms with Gasteiger partial charge in [0.05, 0.1) is 5.56 Å². The number of amides is 1. The molecule has 6 heteroatoms. The lowest BCUT2D eigenvalue weighted by Crippen LogP contribution is -2.55. The number of nitrogens with one attached hydrogen (secondary N) is 1. The van der Waals surface area contributed by atoms with Gasteiger partial charge in [-0.2, -0.15) is 0 Å². The second-order valence-corrected chi connectivity index (χ2v) is 9.09. The number of benzene rings is 2. The summed E-state index contributed by atoms with van der Waals surface area (Å²) in [7, 11) is 2.22. The molecule has 2 aromatic carbocycles. The maximum atomic E-state index is 13.3. The first-order valence-electron chi connectivity index (χ1n) is 10.7. The Hall–Kier alpha value is -2.37. The molecule has 0 aliphatic carbocycles. The first-order valence-corrected chi connectivity index (χ1v) is 11.0. The Kier molecular flexibility index (Phi) is 5.03. The van der Waals surface area contributed by atoms with Crippen molar-refractivity contribution >= 4 is 28.6 Å². The normalized spacial score (nSPS) is 24.2. The van der Waals surface area contributed by atoms with E-state index in [4.69, 9.17) is 16.0 Å². The average molecular weight is 424 g/mol. The van der Waals surface area contributed by atoms with Gasteiger partial charge in [-0.1, -0.05) is 30.2 Å². The van der Waals surface area contributed by atoms with Crippen molar-refractivity contribution in [2.24, 2.45) is 0 Å². The summed E-state index contributed by atoms with van der Waals surface area (Å²) in [4.78, 5) is 20.1. The van der Waals surface area contributed by atoms with Crippen molar-refractivity contribution < 1.29 is 9.21 Å². The van der Waals surface area contributed by atoms with E-state index in [-0.39, 0.29) is 11.9 Å². The molecule has 2 bridgehead atoms. The Morgan fingerprint density at radius 1 is 1.23 bits per heavy atom. The van der Waals surface area contributed by atoms with Crippen LogP contribution in [0.1, 0.15) is 48.0 Å². The Morgan fingerprint density at radius 3 is 2.77 bits per heavy atom. The van der Waals surface area contributed by atoms with Gasteiger partial charge in [-0.15, -0.1) is 0 Å². The Balaban J connectivity index is 1.47. The number of halogens is 1. The number of carbonyl (C=O) groups excluding carboxylic acids is 1. The minimum absolute atomic E-state index is 0.0805. The molecule has 156 valence electrons. The molecule has 30 heavy (non-hydrogen) atoms. The van der Waals surface area contributed by atoms with Crippen LogP contribution in [0, 0.1) is 6.92 Å². The Labute approximate surface area is 181 Å².